The number of aromatic nitrogens is 1. The predicted octanol–water partition coefficient (Wildman–Crippen LogP) is 4.60. The van der Waals surface area contributed by atoms with Crippen LogP contribution < -0.4 is 4.90 Å². The number of thiazole rings is 1. The quantitative estimate of drug-likeness (QED) is 0.605. The number of fused-ring (bicyclic) bond motifs is 1. The molecule has 1 aromatic heterocycles. The summed E-state index contributed by atoms with van der Waals surface area (Å²) in [6, 6.07) is 12.4. The van der Waals surface area contributed by atoms with Gasteiger partial charge in [0.2, 0.25) is 0 Å². The van der Waals surface area contributed by atoms with Crippen LogP contribution in [0, 0.1) is 13.8 Å². The Balaban J connectivity index is 1.45. The van der Waals surface area contributed by atoms with Crippen molar-refractivity contribution in [1.82, 2.24) is 9.88 Å². The lowest BCUT2D eigenvalue weighted by Gasteiger charge is -2.34. The lowest BCUT2D eigenvalue weighted by Crippen LogP contribution is -2.48. The Bertz CT molecular complexity index is 990. The van der Waals surface area contributed by atoms with E-state index in [-0.39, 0.29) is 5.91 Å². The zero-order chi connectivity index (χ0) is 19.0. The molecule has 1 amide bonds. The molecule has 1 fully saturated rings. The van der Waals surface area contributed by atoms with Gasteiger partial charge in [0.05, 0.1) is 10.2 Å². The smallest absolute Gasteiger partial charge is 0.253 e. The van der Waals surface area contributed by atoms with Gasteiger partial charge in [-0.15, -0.1) is 11.8 Å². The highest BCUT2D eigenvalue weighted by atomic mass is 32.2. The van der Waals surface area contributed by atoms with Crippen molar-refractivity contribution in [1.29, 1.82) is 0 Å². The fraction of sp³-hybridized carbons (Fsp3) is 0.333. The first kappa shape index (κ1) is 18.3. The number of carbonyl (C=O) groups is 1. The van der Waals surface area contributed by atoms with E-state index in [0.29, 0.717) is 0 Å². The molecule has 0 radical (unpaired) electrons. The second-order valence-corrected chi connectivity index (χ2v) is 8.80. The summed E-state index contributed by atoms with van der Waals surface area (Å²) in [5, 5.41) is 1.06. The van der Waals surface area contributed by atoms with Crippen LogP contribution in [-0.4, -0.2) is 48.2 Å². The molecule has 27 heavy (non-hydrogen) atoms. The molecular weight excluding hydrogens is 374 g/mol. The average molecular weight is 398 g/mol. The van der Waals surface area contributed by atoms with Gasteiger partial charge in [-0.3, -0.25) is 4.79 Å². The predicted molar refractivity (Wildman–Crippen MR) is 115 cm³/mol. The first-order valence-corrected chi connectivity index (χ1v) is 11.2. The van der Waals surface area contributed by atoms with Crippen LogP contribution in [0.25, 0.3) is 10.2 Å². The lowest BCUT2D eigenvalue weighted by molar-refractivity contribution is 0.0746. The van der Waals surface area contributed by atoms with Gasteiger partial charge in [-0.1, -0.05) is 17.4 Å². The molecule has 1 aliphatic rings. The largest absolute Gasteiger partial charge is 0.345 e. The van der Waals surface area contributed by atoms with Crippen LogP contribution >= 0.6 is 23.1 Å². The van der Waals surface area contributed by atoms with Crippen LogP contribution in [0.3, 0.4) is 0 Å². The summed E-state index contributed by atoms with van der Waals surface area (Å²) < 4.78 is 1.23. The van der Waals surface area contributed by atoms with E-state index in [2.05, 4.69) is 43.2 Å². The number of nitrogens with zero attached hydrogens (tertiary/aromatic N) is 3. The van der Waals surface area contributed by atoms with Crippen LogP contribution in [0.2, 0.25) is 0 Å². The second-order valence-electron chi connectivity index (χ2n) is 6.91. The van der Waals surface area contributed by atoms with Gasteiger partial charge in [0.1, 0.15) is 0 Å². The maximum absolute atomic E-state index is 12.8. The molecule has 1 saturated heterocycles. The Kier molecular flexibility index (Phi) is 5.10. The number of hydrogen-bond acceptors (Lipinski definition) is 5. The zero-order valence-electron chi connectivity index (χ0n) is 15.9. The summed E-state index contributed by atoms with van der Waals surface area (Å²) >= 11 is 3.49. The summed E-state index contributed by atoms with van der Waals surface area (Å²) in [6.07, 6.45) is 2.09. The number of amides is 1. The minimum atomic E-state index is 0.131. The fourth-order valence-corrected chi connectivity index (χ4v) is 4.88. The first-order valence-electron chi connectivity index (χ1n) is 9.11. The van der Waals surface area contributed by atoms with Gasteiger partial charge in [0.25, 0.3) is 5.91 Å². The fourth-order valence-electron chi connectivity index (χ4n) is 3.31. The van der Waals surface area contributed by atoms with Crippen molar-refractivity contribution in [3.05, 3.63) is 53.1 Å². The van der Waals surface area contributed by atoms with Gasteiger partial charge in [0.15, 0.2) is 5.13 Å². The third kappa shape index (κ3) is 3.69. The van der Waals surface area contributed by atoms with Crippen LogP contribution in [0.15, 0.2) is 41.3 Å². The van der Waals surface area contributed by atoms with Crippen molar-refractivity contribution >= 4 is 44.4 Å². The third-order valence-electron chi connectivity index (χ3n) is 5.18. The Hall–Kier alpha value is -2.05. The summed E-state index contributed by atoms with van der Waals surface area (Å²) in [5.74, 6) is 0.131. The van der Waals surface area contributed by atoms with Crippen molar-refractivity contribution < 1.29 is 4.79 Å². The zero-order valence-corrected chi connectivity index (χ0v) is 17.5. The summed E-state index contributed by atoms with van der Waals surface area (Å²) in [5.41, 5.74) is 4.23. The topological polar surface area (TPSA) is 36.4 Å². The minimum Gasteiger partial charge on any atom is -0.345 e. The highest BCUT2D eigenvalue weighted by molar-refractivity contribution is 7.98. The molecule has 2 heterocycles. The average Bonchev–Trinajstić information content (AvgIpc) is 3.13. The van der Waals surface area contributed by atoms with Crippen molar-refractivity contribution in [3.8, 4) is 0 Å². The first-order chi connectivity index (χ1) is 13.0. The highest BCUT2D eigenvalue weighted by Gasteiger charge is 2.24. The van der Waals surface area contributed by atoms with Crippen LogP contribution in [0.4, 0.5) is 5.13 Å². The van der Waals surface area contributed by atoms with Gasteiger partial charge in [-0.05, 0) is 61.6 Å². The Morgan fingerprint density at radius 3 is 2.52 bits per heavy atom. The van der Waals surface area contributed by atoms with E-state index in [1.165, 1.54) is 20.7 Å². The van der Waals surface area contributed by atoms with Gasteiger partial charge < -0.3 is 9.80 Å². The molecule has 4 rings (SSSR count). The molecule has 0 saturated carbocycles. The number of piperazine rings is 1. The molecule has 0 spiro atoms. The van der Waals surface area contributed by atoms with E-state index in [1.54, 1.807) is 23.1 Å². The van der Waals surface area contributed by atoms with E-state index in [4.69, 9.17) is 4.98 Å². The second kappa shape index (κ2) is 7.52. The molecule has 2 aromatic carbocycles. The van der Waals surface area contributed by atoms with Gasteiger partial charge in [-0.2, -0.15) is 0 Å². The lowest BCUT2D eigenvalue weighted by atomic mass is 10.1. The highest BCUT2D eigenvalue weighted by Crippen LogP contribution is 2.32. The molecule has 0 N–H and O–H groups in total. The number of rotatable bonds is 3. The molecule has 1 aliphatic heterocycles. The maximum Gasteiger partial charge on any atom is 0.253 e. The molecule has 4 nitrogen and oxygen atoms in total. The number of hydrogen-bond donors (Lipinski definition) is 0. The monoisotopic (exact) mass is 397 g/mol. The standard InChI is InChI=1S/C21H23N3OS2/c1-14-4-5-16(12-15(14)2)20(25)23-8-10-24(11-9-23)21-22-18-7-6-17(26-3)13-19(18)27-21/h4-7,12-13H,8-11H2,1-3H3. The van der Waals surface area contributed by atoms with Gasteiger partial charge >= 0.3 is 0 Å². The van der Waals surface area contributed by atoms with Crippen molar-refractivity contribution in [2.24, 2.45) is 0 Å². The van der Waals surface area contributed by atoms with Crippen molar-refractivity contribution in [3.63, 3.8) is 0 Å². The molecule has 0 bridgehead atoms. The minimum absolute atomic E-state index is 0.131. The van der Waals surface area contributed by atoms with Gasteiger partial charge in [-0.25, -0.2) is 4.98 Å². The normalized spacial score (nSPS) is 14.8. The third-order valence-corrected chi connectivity index (χ3v) is 6.98. The molecule has 0 unspecified atom stereocenters. The summed E-state index contributed by atoms with van der Waals surface area (Å²) in [6.45, 7) is 7.25. The number of anilines is 1. The molecule has 140 valence electrons. The summed E-state index contributed by atoms with van der Waals surface area (Å²) in [4.78, 5) is 23.1. The maximum atomic E-state index is 12.8. The van der Waals surface area contributed by atoms with Crippen molar-refractivity contribution in [2.45, 2.75) is 18.7 Å². The molecule has 3 aromatic rings. The van der Waals surface area contributed by atoms with Gasteiger partial charge in [0, 0.05) is 36.6 Å². The number of aryl methyl sites for hydroxylation is 2. The number of benzene rings is 2. The summed E-state index contributed by atoms with van der Waals surface area (Å²) in [7, 11) is 0. The molecule has 6 heteroatoms. The van der Waals surface area contributed by atoms with Crippen LogP contribution in [0.1, 0.15) is 21.5 Å². The van der Waals surface area contributed by atoms with E-state index < -0.39 is 0 Å². The molecular formula is C21H23N3OS2. The van der Waals surface area contributed by atoms with Crippen LogP contribution in [-0.2, 0) is 0 Å². The SMILES string of the molecule is CSc1ccc2nc(N3CCN(C(=O)c4ccc(C)c(C)c4)CC3)sc2c1. The number of carbonyl (C=O) groups excluding carboxylic acids is 1. The number of thioether (sulfide) groups is 1. The van der Waals surface area contributed by atoms with E-state index >= 15 is 0 Å². The van der Waals surface area contributed by atoms with Crippen molar-refractivity contribution in [2.75, 3.05) is 37.3 Å². The van der Waals surface area contributed by atoms with E-state index in [1.807, 2.05) is 23.1 Å². The van der Waals surface area contributed by atoms with Crippen LogP contribution in [0.5, 0.6) is 0 Å². The Morgan fingerprint density at radius 1 is 1.04 bits per heavy atom. The molecule has 0 atom stereocenters. The Labute approximate surface area is 168 Å². The Morgan fingerprint density at radius 2 is 1.81 bits per heavy atom. The molecule has 0 aliphatic carbocycles. The van der Waals surface area contributed by atoms with E-state index in [9.17, 15) is 4.79 Å². The van der Waals surface area contributed by atoms with E-state index in [0.717, 1.165) is 42.4 Å².